The molecule has 1 N–H and O–H groups in total. The second-order valence-electron chi connectivity index (χ2n) is 4.78. The van der Waals surface area contributed by atoms with E-state index in [1.807, 2.05) is 0 Å². The van der Waals surface area contributed by atoms with E-state index in [1.54, 1.807) is 7.11 Å². The SMILES string of the molecule is CCCNCC(COC)N1CCN(CC)CC1. The molecule has 4 heteroatoms. The van der Waals surface area contributed by atoms with Gasteiger partial charge in [0.2, 0.25) is 0 Å². The van der Waals surface area contributed by atoms with Gasteiger partial charge in [0, 0.05) is 45.9 Å². The van der Waals surface area contributed by atoms with Crippen molar-refractivity contribution in [2.45, 2.75) is 26.3 Å². The molecule has 0 aromatic rings. The van der Waals surface area contributed by atoms with E-state index in [4.69, 9.17) is 4.74 Å². The molecule has 1 aliphatic rings. The lowest BCUT2D eigenvalue weighted by atomic mass is 10.2. The Morgan fingerprint density at radius 2 is 1.88 bits per heavy atom. The van der Waals surface area contributed by atoms with Crippen LogP contribution in [0.2, 0.25) is 0 Å². The van der Waals surface area contributed by atoms with Gasteiger partial charge in [0.1, 0.15) is 0 Å². The molecule has 1 fully saturated rings. The standard InChI is InChI=1S/C13H29N3O/c1-4-6-14-11-13(12-17-3)16-9-7-15(5-2)8-10-16/h13-14H,4-12H2,1-3H3. The predicted octanol–water partition coefficient (Wildman–Crippen LogP) is 0.639. The van der Waals surface area contributed by atoms with Crippen LogP contribution in [-0.2, 0) is 4.74 Å². The van der Waals surface area contributed by atoms with Gasteiger partial charge in [-0.15, -0.1) is 0 Å². The normalized spacial score (nSPS) is 20.6. The Morgan fingerprint density at radius 1 is 1.18 bits per heavy atom. The van der Waals surface area contributed by atoms with E-state index < -0.39 is 0 Å². The first-order valence-corrected chi connectivity index (χ1v) is 6.97. The molecule has 0 bridgehead atoms. The molecule has 0 spiro atoms. The summed E-state index contributed by atoms with van der Waals surface area (Å²) in [7, 11) is 1.80. The summed E-state index contributed by atoms with van der Waals surface area (Å²) >= 11 is 0. The van der Waals surface area contributed by atoms with Crippen molar-refractivity contribution in [3.63, 3.8) is 0 Å². The molecule has 0 radical (unpaired) electrons. The second-order valence-corrected chi connectivity index (χ2v) is 4.78. The van der Waals surface area contributed by atoms with Gasteiger partial charge in [-0.25, -0.2) is 0 Å². The van der Waals surface area contributed by atoms with Crippen molar-refractivity contribution in [3.8, 4) is 0 Å². The van der Waals surface area contributed by atoms with E-state index in [2.05, 4.69) is 29.0 Å². The number of nitrogens with zero attached hydrogens (tertiary/aromatic N) is 2. The van der Waals surface area contributed by atoms with Crippen LogP contribution >= 0.6 is 0 Å². The van der Waals surface area contributed by atoms with E-state index in [9.17, 15) is 0 Å². The van der Waals surface area contributed by atoms with Crippen LogP contribution in [0.15, 0.2) is 0 Å². The van der Waals surface area contributed by atoms with Gasteiger partial charge in [-0.3, -0.25) is 4.90 Å². The lowest BCUT2D eigenvalue weighted by Crippen LogP contribution is -2.54. The first-order valence-electron chi connectivity index (χ1n) is 6.97. The maximum Gasteiger partial charge on any atom is 0.0630 e. The van der Waals surface area contributed by atoms with E-state index >= 15 is 0 Å². The topological polar surface area (TPSA) is 27.7 Å². The number of nitrogens with one attached hydrogen (secondary N) is 1. The van der Waals surface area contributed by atoms with Gasteiger partial charge < -0.3 is 15.0 Å². The molecular formula is C13H29N3O. The Morgan fingerprint density at radius 3 is 2.41 bits per heavy atom. The van der Waals surface area contributed by atoms with Crippen LogP contribution in [0.5, 0.6) is 0 Å². The van der Waals surface area contributed by atoms with Crippen LogP contribution < -0.4 is 5.32 Å². The Hall–Kier alpha value is -0.160. The van der Waals surface area contributed by atoms with Gasteiger partial charge in [0.05, 0.1) is 6.61 Å². The Labute approximate surface area is 106 Å². The molecule has 1 saturated heterocycles. The molecular weight excluding hydrogens is 214 g/mol. The monoisotopic (exact) mass is 243 g/mol. The van der Waals surface area contributed by atoms with Crippen LogP contribution in [0.4, 0.5) is 0 Å². The summed E-state index contributed by atoms with van der Waals surface area (Å²) in [6, 6.07) is 0.533. The highest BCUT2D eigenvalue weighted by atomic mass is 16.5. The van der Waals surface area contributed by atoms with Crippen molar-refractivity contribution in [2.75, 3.05) is 59.5 Å². The third kappa shape index (κ3) is 5.34. The fourth-order valence-electron chi connectivity index (χ4n) is 2.38. The number of likely N-dealkylation sites (N-methyl/N-ethyl adjacent to an activating group) is 1. The summed E-state index contributed by atoms with van der Waals surface area (Å²) in [6.07, 6.45) is 1.20. The zero-order valence-corrected chi connectivity index (χ0v) is 11.7. The first-order chi connectivity index (χ1) is 8.31. The van der Waals surface area contributed by atoms with Gasteiger partial charge >= 0.3 is 0 Å². The van der Waals surface area contributed by atoms with E-state index in [-0.39, 0.29) is 0 Å². The molecule has 1 aliphatic heterocycles. The highest BCUT2D eigenvalue weighted by Crippen LogP contribution is 2.06. The second kappa shape index (κ2) is 8.86. The molecule has 0 saturated carbocycles. The van der Waals surface area contributed by atoms with Crippen LogP contribution in [-0.4, -0.2) is 75.4 Å². The maximum absolute atomic E-state index is 5.35. The highest BCUT2D eigenvalue weighted by molar-refractivity contribution is 4.79. The average Bonchev–Trinajstić information content (AvgIpc) is 2.38. The molecule has 1 unspecified atom stereocenters. The van der Waals surface area contributed by atoms with Crippen LogP contribution in [0, 0.1) is 0 Å². The Bertz CT molecular complexity index is 182. The van der Waals surface area contributed by atoms with Gasteiger partial charge in [-0.05, 0) is 19.5 Å². The van der Waals surface area contributed by atoms with Crippen molar-refractivity contribution in [2.24, 2.45) is 0 Å². The molecule has 4 nitrogen and oxygen atoms in total. The first kappa shape index (κ1) is 14.9. The summed E-state index contributed by atoms with van der Waals surface area (Å²) in [4.78, 5) is 5.08. The van der Waals surface area contributed by atoms with E-state index in [1.165, 1.54) is 39.1 Å². The molecule has 17 heavy (non-hydrogen) atoms. The average molecular weight is 243 g/mol. The molecule has 1 heterocycles. The lowest BCUT2D eigenvalue weighted by molar-refractivity contribution is 0.0511. The molecule has 0 aromatic carbocycles. The number of ether oxygens (including phenoxy) is 1. The number of hydrogen-bond acceptors (Lipinski definition) is 4. The Kier molecular flexibility index (Phi) is 7.77. The van der Waals surface area contributed by atoms with Crippen molar-refractivity contribution in [3.05, 3.63) is 0 Å². The Balaban J connectivity index is 2.31. The minimum atomic E-state index is 0.533. The van der Waals surface area contributed by atoms with Gasteiger partial charge in [-0.2, -0.15) is 0 Å². The molecule has 1 rings (SSSR count). The summed E-state index contributed by atoms with van der Waals surface area (Å²) in [5, 5.41) is 3.51. The molecule has 0 aliphatic carbocycles. The summed E-state index contributed by atoms with van der Waals surface area (Å²) in [5.74, 6) is 0. The minimum Gasteiger partial charge on any atom is -0.383 e. The summed E-state index contributed by atoms with van der Waals surface area (Å²) < 4.78 is 5.35. The quantitative estimate of drug-likeness (QED) is 0.633. The van der Waals surface area contributed by atoms with Crippen molar-refractivity contribution < 1.29 is 4.74 Å². The van der Waals surface area contributed by atoms with Gasteiger partial charge in [0.15, 0.2) is 0 Å². The minimum absolute atomic E-state index is 0.533. The van der Waals surface area contributed by atoms with Crippen molar-refractivity contribution >= 4 is 0 Å². The number of rotatable bonds is 8. The zero-order valence-electron chi connectivity index (χ0n) is 11.7. The van der Waals surface area contributed by atoms with Crippen molar-refractivity contribution in [1.29, 1.82) is 0 Å². The third-order valence-electron chi connectivity index (χ3n) is 3.54. The molecule has 1 atom stereocenters. The molecule has 102 valence electrons. The summed E-state index contributed by atoms with van der Waals surface area (Å²) in [6.45, 7) is 13.4. The molecule has 0 amide bonds. The maximum atomic E-state index is 5.35. The van der Waals surface area contributed by atoms with E-state index in [0.29, 0.717) is 6.04 Å². The number of hydrogen-bond donors (Lipinski definition) is 1. The van der Waals surface area contributed by atoms with Gasteiger partial charge in [-0.1, -0.05) is 13.8 Å². The predicted molar refractivity (Wildman–Crippen MR) is 72.5 cm³/mol. The van der Waals surface area contributed by atoms with Crippen LogP contribution in [0.3, 0.4) is 0 Å². The smallest absolute Gasteiger partial charge is 0.0630 e. The van der Waals surface area contributed by atoms with Crippen molar-refractivity contribution in [1.82, 2.24) is 15.1 Å². The third-order valence-corrected chi connectivity index (χ3v) is 3.54. The lowest BCUT2D eigenvalue weighted by Gasteiger charge is -2.38. The number of methoxy groups -OCH3 is 1. The van der Waals surface area contributed by atoms with Crippen LogP contribution in [0.25, 0.3) is 0 Å². The fourth-order valence-corrected chi connectivity index (χ4v) is 2.38. The zero-order chi connectivity index (χ0) is 12.5. The van der Waals surface area contributed by atoms with Gasteiger partial charge in [0.25, 0.3) is 0 Å². The van der Waals surface area contributed by atoms with Crippen LogP contribution in [0.1, 0.15) is 20.3 Å². The number of piperazine rings is 1. The van der Waals surface area contributed by atoms with E-state index in [0.717, 1.165) is 19.7 Å². The largest absolute Gasteiger partial charge is 0.383 e. The molecule has 0 aromatic heterocycles. The highest BCUT2D eigenvalue weighted by Gasteiger charge is 2.22. The summed E-state index contributed by atoms with van der Waals surface area (Å²) in [5.41, 5.74) is 0. The fraction of sp³-hybridized carbons (Fsp3) is 1.00.